The summed E-state index contributed by atoms with van der Waals surface area (Å²) in [5.74, 6) is 0.216. The summed E-state index contributed by atoms with van der Waals surface area (Å²) in [6.45, 7) is 4.86. The first kappa shape index (κ1) is 15.5. The highest BCUT2D eigenvalue weighted by Gasteiger charge is 2.26. The van der Waals surface area contributed by atoms with E-state index in [9.17, 15) is 9.59 Å². The third kappa shape index (κ3) is 3.53. The number of carbonyl (C=O) groups is 2. The molecular formula is C15H18N4O3S. The third-order valence-electron chi connectivity index (χ3n) is 3.39. The average Bonchev–Trinajstić information content (AvgIpc) is 3.13. The molecule has 0 spiro atoms. The standard InChI is InChI=1S/C15H18N4O3S/c1-9(2)16-14(21)18-15-17-10-5-6-19(8-12(10)23-15)13(20)11-4-3-7-22-11/h3-4,7,9H,5-6,8H2,1-2H3,(H2,16,17,18,21). The van der Waals surface area contributed by atoms with E-state index in [0.29, 0.717) is 30.4 Å². The van der Waals surface area contributed by atoms with Crippen molar-refractivity contribution in [3.63, 3.8) is 0 Å². The Balaban J connectivity index is 1.67. The van der Waals surface area contributed by atoms with E-state index in [4.69, 9.17) is 4.42 Å². The second-order valence-electron chi connectivity index (χ2n) is 5.60. The van der Waals surface area contributed by atoms with Crippen LogP contribution in [-0.4, -0.2) is 34.4 Å². The summed E-state index contributed by atoms with van der Waals surface area (Å²) in [5.41, 5.74) is 0.943. The molecule has 7 nitrogen and oxygen atoms in total. The zero-order valence-electron chi connectivity index (χ0n) is 13.0. The van der Waals surface area contributed by atoms with E-state index in [2.05, 4.69) is 15.6 Å². The van der Waals surface area contributed by atoms with Gasteiger partial charge in [-0.1, -0.05) is 11.3 Å². The van der Waals surface area contributed by atoms with Gasteiger partial charge in [-0.15, -0.1) is 0 Å². The quantitative estimate of drug-likeness (QED) is 0.902. The van der Waals surface area contributed by atoms with Crippen molar-refractivity contribution in [1.29, 1.82) is 0 Å². The van der Waals surface area contributed by atoms with Gasteiger partial charge in [0.2, 0.25) is 0 Å². The molecule has 0 saturated carbocycles. The molecule has 0 fully saturated rings. The van der Waals surface area contributed by atoms with Crippen molar-refractivity contribution in [3.05, 3.63) is 34.7 Å². The molecule has 8 heteroatoms. The number of urea groups is 1. The van der Waals surface area contributed by atoms with Crippen LogP contribution in [0.15, 0.2) is 22.8 Å². The Bertz CT molecular complexity index is 708. The number of furan rings is 1. The summed E-state index contributed by atoms with van der Waals surface area (Å²) in [6.07, 6.45) is 2.16. The second kappa shape index (κ2) is 6.41. The van der Waals surface area contributed by atoms with E-state index in [0.717, 1.165) is 10.6 Å². The number of amides is 3. The summed E-state index contributed by atoms with van der Waals surface area (Å²) < 4.78 is 5.16. The number of fused-ring (bicyclic) bond motifs is 1. The highest BCUT2D eigenvalue weighted by Crippen LogP contribution is 2.29. The Morgan fingerprint density at radius 1 is 1.43 bits per heavy atom. The molecule has 0 saturated heterocycles. The van der Waals surface area contributed by atoms with Gasteiger partial charge in [-0.25, -0.2) is 9.78 Å². The molecule has 0 unspecified atom stereocenters. The maximum Gasteiger partial charge on any atom is 0.321 e. The second-order valence-corrected chi connectivity index (χ2v) is 6.68. The van der Waals surface area contributed by atoms with Crippen LogP contribution >= 0.6 is 11.3 Å². The number of nitrogens with zero attached hydrogens (tertiary/aromatic N) is 2. The van der Waals surface area contributed by atoms with Crippen molar-refractivity contribution in [1.82, 2.24) is 15.2 Å². The van der Waals surface area contributed by atoms with Gasteiger partial charge >= 0.3 is 6.03 Å². The van der Waals surface area contributed by atoms with Crippen LogP contribution in [0.4, 0.5) is 9.93 Å². The lowest BCUT2D eigenvalue weighted by molar-refractivity contribution is 0.0704. The Morgan fingerprint density at radius 2 is 2.26 bits per heavy atom. The molecule has 0 atom stereocenters. The van der Waals surface area contributed by atoms with Crippen LogP contribution in [0.25, 0.3) is 0 Å². The number of anilines is 1. The van der Waals surface area contributed by atoms with Crippen LogP contribution < -0.4 is 10.6 Å². The van der Waals surface area contributed by atoms with E-state index in [-0.39, 0.29) is 18.0 Å². The molecule has 1 aliphatic rings. The van der Waals surface area contributed by atoms with Crippen molar-refractivity contribution in [2.24, 2.45) is 0 Å². The SMILES string of the molecule is CC(C)NC(=O)Nc1nc2c(s1)CN(C(=O)c1ccco1)CC2. The number of aromatic nitrogens is 1. The van der Waals surface area contributed by atoms with Crippen LogP contribution in [0.2, 0.25) is 0 Å². The van der Waals surface area contributed by atoms with E-state index >= 15 is 0 Å². The number of hydrogen-bond donors (Lipinski definition) is 2. The fraction of sp³-hybridized carbons (Fsp3) is 0.400. The topological polar surface area (TPSA) is 87.5 Å². The third-order valence-corrected chi connectivity index (χ3v) is 4.39. The minimum absolute atomic E-state index is 0.0611. The predicted octanol–water partition coefficient (Wildman–Crippen LogP) is 2.46. The number of carbonyl (C=O) groups excluding carboxylic acids is 2. The van der Waals surface area contributed by atoms with E-state index < -0.39 is 0 Å². The summed E-state index contributed by atoms with van der Waals surface area (Å²) in [5, 5.41) is 6.05. The molecule has 1 aliphatic heterocycles. The van der Waals surface area contributed by atoms with Crippen molar-refractivity contribution >= 4 is 28.4 Å². The molecule has 0 aromatic carbocycles. The zero-order valence-corrected chi connectivity index (χ0v) is 13.8. The predicted molar refractivity (Wildman–Crippen MR) is 86.6 cm³/mol. The summed E-state index contributed by atoms with van der Waals surface area (Å²) in [6, 6.07) is 3.15. The van der Waals surface area contributed by atoms with Gasteiger partial charge in [0, 0.05) is 23.9 Å². The lowest BCUT2D eigenvalue weighted by Gasteiger charge is -2.25. The molecular weight excluding hydrogens is 316 g/mol. The molecule has 0 aliphatic carbocycles. The molecule has 3 heterocycles. The minimum Gasteiger partial charge on any atom is -0.459 e. The van der Waals surface area contributed by atoms with Gasteiger partial charge in [-0.05, 0) is 26.0 Å². The smallest absolute Gasteiger partial charge is 0.321 e. The van der Waals surface area contributed by atoms with Crippen LogP contribution in [0.1, 0.15) is 35.0 Å². The average molecular weight is 334 g/mol. The number of nitrogens with one attached hydrogen (secondary N) is 2. The molecule has 122 valence electrons. The maximum absolute atomic E-state index is 12.3. The van der Waals surface area contributed by atoms with Gasteiger partial charge in [0.1, 0.15) is 0 Å². The first-order valence-electron chi connectivity index (χ1n) is 7.42. The lowest BCUT2D eigenvalue weighted by atomic mass is 10.1. The summed E-state index contributed by atoms with van der Waals surface area (Å²) >= 11 is 1.40. The first-order valence-corrected chi connectivity index (χ1v) is 8.23. The molecule has 2 aromatic heterocycles. The largest absolute Gasteiger partial charge is 0.459 e. The zero-order chi connectivity index (χ0) is 16.4. The van der Waals surface area contributed by atoms with Crippen LogP contribution in [-0.2, 0) is 13.0 Å². The fourth-order valence-corrected chi connectivity index (χ4v) is 3.39. The molecule has 23 heavy (non-hydrogen) atoms. The highest BCUT2D eigenvalue weighted by atomic mass is 32.1. The van der Waals surface area contributed by atoms with Gasteiger partial charge in [-0.3, -0.25) is 10.1 Å². The molecule has 3 amide bonds. The van der Waals surface area contributed by atoms with Crippen molar-refractivity contribution in [3.8, 4) is 0 Å². The molecule has 2 aromatic rings. The monoisotopic (exact) mass is 334 g/mol. The molecule has 2 N–H and O–H groups in total. The van der Waals surface area contributed by atoms with Gasteiger partial charge in [0.15, 0.2) is 10.9 Å². The summed E-state index contributed by atoms with van der Waals surface area (Å²) in [4.78, 5) is 31.2. The van der Waals surface area contributed by atoms with Gasteiger partial charge in [0.25, 0.3) is 5.91 Å². The van der Waals surface area contributed by atoms with Crippen molar-refractivity contribution in [2.45, 2.75) is 32.9 Å². The van der Waals surface area contributed by atoms with E-state index in [1.54, 1.807) is 17.0 Å². The normalized spacial score (nSPS) is 13.8. The van der Waals surface area contributed by atoms with Crippen molar-refractivity contribution < 1.29 is 14.0 Å². The van der Waals surface area contributed by atoms with Crippen LogP contribution in [0.5, 0.6) is 0 Å². The number of rotatable bonds is 3. The minimum atomic E-state index is -0.269. The van der Waals surface area contributed by atoms with Crippen LogP contribution in [0, 0.1) is 0 Å². The fourth-order valence-electron chi connectivity index (χ4n) is 2.37. The molecule has 3 rings (SSSR count). The Hall–Kier alpha value is -2.35. The molecule has 0 radical (unpaired) electrons. The number of thiazole rings is 1. The number of hydrogen-bond acceptors (Lipinski definition) is 5. The first-order chi connectivity index (χ1) is 11.0. The van der Waals surface area contributed by atoms with E-state index in [1.165, 1.54) is 17.6 Å². The Labute approximate surface area is 137 Å². The Morgan fingerprint density at radius 3 is 2.96 bits per heavy atom. The lowest BCUT2D eigenvalue weighted by Crippen LogP contribution is -2.35. The van der Waals surface area contributed by atoms with Crippen LogP contribution in [0.3, 0.4) is 0 Å². The van der Waals surface area contributed by atoms with Gasteiger partial charge in [0.05, 0.1) is 18.5 Å². The Kier molecular flexibility index (Phi) is 4.33. The molecule has 0 bridgehead atoms. The summed E-state index contributed by atoms with van der Waals surface area (Å²) in [7, 11) is 0. The maximum atomic E-state index is 12.3. The highest BCUT2D eigenvalue weighted by molar-refractivity contribution is 7.15. The van der Waals surface area contributed by atoms with Gasteiger partial charge < -0.3 is 14.6 Å². The van der Waals surface area contributed by atoms with E-state index in [1.807, 2.05) is 13.8 Å². The van der Waals surface area contributed by atoms with Gasteiger partial charge in [-0.2, -0.15) is 0 Å². The van der Waals surface area contributed by atoms with Crippen molar-refractivity contribution in [2.75, 3.05) is 11.9 Å².